The van der Waals surface area contributed by atoms with Crippen LogP contribution in [-0.2, 0) is 17.6 Å². The van der Waals surface area contributed by atoms with Crippen molar-refractivity contribution in [2.75, 3.05) is 5.32 Å². The molecule has 8 heteroatoms. The molecule has 0 unspecified atom stereocenters. The Kier molecular flexibility index (Phi) is 4.19. The second kappa shape index (κ2) is 6.44. The maximum Gasteiger partial charge on any atom is 0.249 e. The Morgan fingerprint density at radius 1 is 1.36 bits per heavy atom. The highest BCUT2D eigenvalue weighted by atomic mass is 32.1. The lowest BCUT2D eigenvalue weighted by molar-refractivity contribution is -0.115. The Balaban J connectivity index is 1.63. The smallest absolute Gasteiger partial charge is 0.249 e. The van der Waals surface area contributed by atoms with Gasteiger partial charge in [0.2, 0.25) is 11.9 Å². The van der Waals surface area contributed by atoms with Gasteiger partial charge in [-0.15, -0.1) is 16.4 Å². The minimum atomic E-state index is -0.188. The molecule has 0 aliphatic heterocycles. The average molecular weight is 314 g/mol. The van der Waals surface area contributed by atoms with Crippen LogP contribution in [0.4, 0.5) is 5.95 Å². The van der Waals surface area contributed by atoms with E-state index in [-0.39, 0.29) is 18.3 Å². The van der Waals surface area contributed by atoms with E-state index in [4.69, 9.17) is 0 Å². The van der Waals surface area contributed by atoms with Crippen LogP contribution in [0.25, 0.3) is 5.82 Å². The lowest BCUT2D eigenvalue weighted by atomic mass is 10.3. The zero-order valence-corrected chi connectivity index (χ0v) is 12.7. The minimum absolute atomic E-state index is 0.188. The minimum Gasteiger partial charge on any atom is -0.293 e. The van der Waals surface area contributed by atoms with E-state index in [1.165, 1.54) is 11.0 Å². The van der Waals surface area contributed by atoms with Gasteiger partial charge in [0, 0.05) is 11.6 Å². The summed E-state index contributed by atoms with van der Waals surface area (Å²) in [5.41, 5.74) is 0.767. The summed E-state index contributed by atoms with van der Waals surface area (Å²) in [6, 6.07) is 5.49. The van der Waals surface area contributed by atoms with E-state index in [0.29, 0.717) is 5.82 Å². The molecule has 0 saturated carbocycles. The SMILES string of the molecule is CCc1nc(CC(=O)Nc2ncn(-c3ccccn3)n2)cs1. The van der Waals surface area contributed by atoms with Crippen LogP contribution in [0.2, 0.25) is 0 Å². The fourth-order valence-electron chi connectivity index (χ4n) is 1.85. The molecule has 3 heterocycles. The summed E-state index contributed by atoms with van der Waals surface area (Å²) in [5, 5.41) is 9.77. The van der Waals surface area contributed by atoms with Gasteiger partial charge < -0.3 is 0 Å². The molecule has 3 aromatic rings. The van der Waals surface area contributed by atoms with Crippen molar-refractivity contribution in [2.45, 2.75) is 19.8 Å². The van der Waals surface area contributed by atoms with Gasteiger partial charge >= 0.3 is 0 Å². The molecule has 112 valence electrons. The standard InChI is InChI=1S/C14H14N6OS/c1-2-13-17-10(8-22-13)7-12(21)18-14-16-9-20(19-14)11-5-3-4-6-15-11/h3-6,8-9H,2,7H2,1H3,(H,18,19,21). The van der Waals surface area contributed by atoms with Crippen molar-refractivity contribution in [3.8, 4) is 5.82 Å². The van der Waals surface area contributed by atoms with E-state index in [2.05, 4.69) is 25.4 Å². The molecule has 0 radical (unpaired) electrons. The van der Waals surface area contributed by atoms with Crippen LogP contribution in [0.5, 0.6) is 0 Å². The normalized spacial score (nSPS) is 10.6. The number of hydrogen-bond donors (Lipinski definition) is 1. The number of nitrogens with zero attached hydrogens (tertiary/aromatic N) is 5. The van der Waals surface area contributed by atoms with Crippen molar-refractivity contribution in [3.63, 3.8) is 0 Å². The van der Waals surface area contributed by atoms with Gasteiger partial charge in [0.25, 0.3) is 0 Å². The van der Waals surface area contributed by atoms with E-state index in [0.717, 1.165) is 17.1 Å². The molecule has 1 N–H and O–H groups in total. The van der Waals surface area contributed by atoms with Gasteiger partial charge in [-0.3, -0.25) is 10.1 Å². The van der Waals surface area contributed by atoms with E-state index in [1.807, 2.05) is 30.5 Å². The third-order valence-corrected chi connectivity index (χ3v) is 3.91. The average Bonchev–Trinajstić information content (AvgIpc) is 3.17. The van der Waals surface area contributed by atoms with Crippen LogP contribution in [0.3, 0.4) is 0 Å². The van der Waals surface area contributed by atoms with E-state index >= 15 is 0 Å². The summed E-state index contributed by atoms with van der Waals surface area (Å²) in [7, 11) is 0. The van der Waals surface area contributed by atoms with Gasteiger partial charge in [0.05, 0.1) is 17.1 Å². The van der Waals surface area contributed by atoms with Crippen LogP contribution in [0.1, 0.15) is 17.6 Å². The number of aryl methyl sites for hydroxylation is 1. The predicted molar refractivity (Wildman–Crippen MR) is 83.0 cm³/mol. The van der Waals surface area contributed by atoms with Gasteiger partial charge in [0.1, 0.15) is 6.33 Å². The van der Waals surface area contributed by atoms with Crippen LogP contribution in [0.15, 0.2) is 36.1 Å². The Morgan fingerprint density at radius 2 is 2.27 bits per heavy atom. The Bertz CT molecular complexity index is 767. The number of rotatable bonds is 5. The summed E-state index contributed by atoms with van der Waals surface area (Å²) in [4.78, 5) is 24.6. The van der Waals surface area contributed by atoms with Crippen molar-refractivity contribution in [2.24, 2.45) is 0 Å². The number of aromatic nitrogens is 5. The van der Waals surface area contributed by atoms with Crippen LogP contribution in [0, 0.1) is 0 Å². The number of thiazole rings is 1. The number of amides is 1. The number of carbonyl (C=O) groups is 1. The van der Waals surface area contributed by atoms with Crippen molar-refractivity contribution >= 4 is 23.2 Å². The van der Waals surface area contributed by atoms with Crippen LogP contribution < -0.4 is 5.32 Å². The van der Waals surface area contributed by atoms with Crippen molar-refractivity contribution in [1.29, 1.82) is 0 Å². The highest BCUT2D eigenvalue weighted by Crippen LogP contribution is 2.11. The predicted octanol–water partition coefficient (Wildman–Crippen LogP) is 1.86. The molecule has 0 atom stereocenters. The zero-order valence-electron chi connectivity index (χ0n) is 11.9. The van der Waals surface area contributed by atoms with Crippen LogP contribution >= 0.6 is 11.3 Å². The summed E-state index contributed by atoms with van der Waals surface area (Å²) in [6.45, 7) is 2.04. The van der Waals surface area contributed by atoms with E-state index in [9.17, 15) is 4.79 Å². The molecule has 0 aliphatic rings. The van der Waals surface area contributed by atoms with Gasteiger partial charge in [-0.25, -0.2) is 14.6 Å². The molecule has 22 heavy (non-hydrogen) atoms. The Hall–Kier alpha value is -2.61. The lowest BCUT2D eigenvalue weighted by Gasteiger charge is -1.99. The molecule has 0 saturated heterocycles. The molecule has 0 aliphatic carbocycles. The molecule has 0 spiro atoms. The van der Waals surface area contributed by atoms with Crippen molar-refractivity contribution in [3.05, 3.63) is 46.8 Å². The maximum absolute atomic E-state index is 12.0. The first-order valence-electron chi connectivity index (χ1n) is 6.81. The molecule has 3 aromatic heterocycles. The number of hydrogen-bond acceptors (Lipinski definition) is 6. The number of pyridine rings is 1. The molecule has 1 amide bonds. The molecule has 7 nitrogen and oxygen atoms in total. The molecule has 0 fully saturated rings. The first-order valence-corrected chi connectivity index (χ1v) is 7.68. The number of anilines is 1. The van der Waals surface area contributed by atoms with Crippen LogP contribution in [-0.4, -0.2) is 30.6 Å². The molecular weight excluding hydrogens is 300 g/mol. The fourth-order valence-corrected chi connectivity index (χ4v) is 2.59. The van der Waals surface area contributed by atoms with Crippen molar-refractivity contribution < 1.29 is 4.79 Å². The molecule has 0 aromatic carbocycles. The summed E-state index contributed by atoms with van der Waals surface area (Å²) in [5.74, 6) is 0.705. The quantitative estimate of drug-likeness (QED) is 0.777. The second-order valence-corrected chi connectivity index (χ2v) is 5.45. The summed E-state index contributed by atoms with van der Waals surface area (Å²) in [6.07, 6.45) is 4.27. The maximum atomic E-state index is 12.0. The number of carbonyl (C=O) groups excluding carboxylic acids is 1. The van der Waals surface area contributed by atoms with Gasteiger partial charge in [-0.2, -0.15) is 4.98 Å². The van der Waals surface area contributed by atoms with Gasteiger partial charge in [-0.1, -0.05) is 13.0 Å². The molecular formula is C14H14N6OS. The largest absolute Gasteiger partial charge is 0.293 e. The van der Waals surface area contributed by atoms with Gasteiger partial charge in [0.15, 0.2) is 5.82 Å². The summed E-state index contributed by atoms with van der Waals surface area (Å²) >= 11 is 1.56. The van der Waals surface area contributed by atoms with Gasteiger partial charge in [-0.05, 0) is 18.6 Å². The second-order valence-electron chi connectivity index (χ2n) is 4.51. The zero-order chi connectivity index (χ0) is 15.4. The highest BCUT2D eigenvalue weighted by Gasteiger charge is 2.10. The first kappa shape index (κ1) is 14.3. The third-order valence-electron chi connectivity index (χ3n) is 2.87. The van der Waals surface area contributed by atoms with Crippen molar-refractivity contribution in [1.82, 2.24) is 24.7 Å². The topological polar surface area (TPSA) is 85.6 Å². The summed E-state index contributed by atoms with van der Waals surface area (Å²) < 4.78 is 1.51. The fraction of sp³-hybridized carbons (Fsp3) is 0.214. The number of nitrogens with one attached hydrogen (secondary N) is 1. The van der Waals surface area contributed by atoms with E-state index < -0.39 is 0 Å². The lowest BCUT2D eigenvalue weighted by Crippen LogP contribution is -2.16. The molecule has 3 rings (SSSR count). The van der Waals surface area contributed by atoms with E-state index in [1.54, 1.807) is 17.5 Å². The highest BCUT2D eigenvalue weighted by molar-refractivity contribution is 7.09. The molecule has 0 bridgehead atoms. The Morgan fingerprint density at radius 3 is 3.00 bits per heavy atom. The Labute approximate surface area is 131 Å². The third kappa shape index (κ3) is 3.34. The monoisotopic (exact) mass is 314 g/mol. The first-order chi connectivity index (χ1) is 10.7.